The van der Waals surface area contributed by atoms with Gasteiger partial charge in [-0.2, -0.15) is 4.39 Å². The van der Waals surface area contributed by atoms with E-state index in [0.29, 0.717) is 25.3 Å². The number of rotatable bonds is 5. The van der Waals surface area contributed by atoms with Gasteiger partial charge in [0.15, 0.2) is 0 Å². The summed E-state index contributed by atoms with van der Waals surface area (Å²) in [5.74, 6) is -1.17. The minimum Gasteiger partial charge on any atom is -0.481 e. The van der Waals surface area contributed by atoms with Gasteiger partial charge in [0.05, 0.1) is 24.2 Å². The molecule has 1 saturated carbocycles. The molecule has 3 aromatic rings. The van der Waals surface area contributed by atoms with Gasteiger partial charge in [-0.05, 0) is 43.4 Å². The fourth-order valence-corrected chi connectivity index (χ4v) is 5.92. The van der Waals surface area contributed by atoms with Gasteiger partial charge >= 0.3 is 5.97 Å². The number of carboxylic acids is 1. The van der Waals surface area contributed by atoms with Gasteiger partial charge in [0.2, 0.25) is 5.91 Å². The fourth-order valence-electron chi connectivity index (χ4n) is 5.92. The molecule has 1 amide bonds. The number of morpholine rings is 1. The average molecular weight is 469 g/mol. The van der Waals surface area contributed by atoms with E-state index in [0.717, 1.165) is 34.9 Å². The number of benzene rings is 1. The van der Waals surface area contributed by atoms with Crippen molar-refractivity contribution in [3.05, 3.63) is 48.1 Å². The predicted molar refractivity (Wildman–Crippen MR) is 124 cm³/mol. The summed E-state index contributed by atoms with van der Waals surface area (Å²) in [5.41, 5.74) is 1.74. The minimum atomic E-state index is -0.876. The topological polar surface area (TPSA) is 95.8 Å². The predicted octanol–water partition coefficient (Wildman–Crippen LogP) is 4.93. The van der Waals surface area contributed by atoms with E-state index in [9.17, 15) is 19.1 Å². The molecule has 7 nitrogen and oxygen atoms in total. The Hall–Kier alpha value is -3.13. The molecule has 0 bridgehead atoms. The number of ether oxygens (including phenoxy) is 1. The molecule has 34 heavy (non-hydrogen) atoms. The lowest BCUT2D eigenvalue weighted by Gasteiger charge is -2.53. The Morgan fingerprint density at radius 2 is 2.12 bits per heavy atom. The second kappa shape index (κ2) is 8.58. The van der Waals surface area contributed by atoms with Crippen molar-refractivity contribution in [2.75, 3.05) is 13.2 Å². The molecule has 2 N–H and O–H groups in total. The Morgan fingerprint density at radius 1 is 1.29 bits per heavy atom. The maximum Gasteiger partial charge on any atom is 0.309 e. The van der Waals surface area contributed by atoms with Crippen molar-refractivity contribution in [3.63, 3.8) is 0 Å². The third-order valence-corrected chi connectivity index (χ3v) is 7.65. The molecule has 4 unspecified atom stereocenters. The number of amides is 1. The van der Waals surface area contributed by atoms with Crippen LogP contribution in [0.5, 0.6) is 0 Å². The number of carboxylic acid groups (broad SMARTS) is 1. The Kier molecular flexibility index (Phi) is 5.72. The Balaban J connectivity index is 1.41. The summed E-state index contributed by atoms with van der Waals surface area (Å²) in [6, 6.07) is 7.70. The fraction of sp³-hybridized carbons (Fsp3) is 0.462. The van der Waals surface area contributed by atoms with Crippen molar-refractivity contribution in [3.8, 4) is 11.3 Å². The van der Waals surface area contributed by atoms with E-state index >= 15 is 0 Å². The highest BCUT2D eigenvalue weighted by molar-refractivity contribution is 5.97. The van der Waals surface area contributed by atoms with Crippen LogP contribution in [0.2, 0.25) is 0 Å². The minimum absolute atomic E-state index is 0.00561. The largest absolute Gasteiger partial charge is 0.481 e. The summed E-state index contributed by atoms with van der Waals surface area (Å²) < 4.78 is 24.8. The molecule has 8 heteroatoms. The number of nitrogens with one attached hydrogen (secondary N) is 1. The van der Waals surface area contributed by atoms with Crippen LogP contribution in [-0.4, -0.2) is 51.7 Å². The van der Waals surface area contributed by atoms with E-state index in [1.165, 1.54) is 6.07 Å². The molecule has 4 atom stereocenters. The van der Waals surface area contributed by atoms with E-state index in [-0.39, 0.29) is 24.3 Å². The van der Waals surface area contributed by atoms with Crippen LogP contribution in [0.25, 0.3) is 22.2 Å². The van der Waals surface area contributed by atoms with Gasteiger partial charge in [-0.25, -0.2) is 0 Å². The zero-order chi connectivity index (χ0) is 24.0. The summed E-state index contributed by atoms with van der Waals surface area (Å²) in [7, 11) is 0. The van der Waals surface area contributed by atoms with E-state index in [1.807, 2.05) is 43.1 Å². The van der Waals surface area contributed by atoms with Gasteiger partial charge in [-0.3, -0.25) is 9.59 Å². The Bertz CT molecular complexity index is 1230. The number of H-pyrrole nitrogens is 1. The Labute approximate surface area is 196 Å². The number of hydrogen-bond donors (Lipinski definition) is 2. The number of aromatic amines is 1. The number of furan rings is 1. The summed E-state index contributed by atoms with van der Waals surface area (Å²) >= 11 is 0. The second-order valence-electron chi connectivity index (χ2n) is 9.64. The van der Waals surface area contributed by atoms with Crippen LogP contribution in [0, 0.1) is 11.9 Å². The molecule has 1 aromatic carbocycles. The zero-order valence-corrected chi connectivity index (χ0v) is 19.3. The number of aromatic nitrogens is 1. The van der Waals surface area contributed by atoms with Crippen molar-refractivity contribution >= 4 is 22.8 Å². The first-order valence-electron chi connectivity index (χ1n) is 11.8. The van der Waals surface area contributed by atoms with Crippen molar-refractivity contribution in [2.24, 2.45) is 5.92 Å². The van der Waals surface area contributed by atoms with Gasteiger partial charge in [-0.15, -0.1) is 0 Å². The number of carbonyl (C=O) groups is 2. The van der Waals surface area contributed by atoms with Crippen molar-refractivity contribution < 1.29 is 28.2 Å². The van der Waals surface area contributed by atoms with Crippen molar-refractivity contribution in [2.45, 2.75) is 57.1 Å². The molecule has 0 radical (unpaired) electrons. The summed E-state index contributed by atoms with van der Waals surface area (Å²) in [6.07, 6.45) is 4.23. The van der Waals surface area contributed by atoms with Crippen LogP contribution in [-0.2, 0) is 14.3 Å². The van der Waals surface area contributed by atoms with Crippen LogP contribution in [0.15, 0.2) is 40.9 Å². The maximum atomic E-state index is 13.5. The highest BCUT2D eigenvalue weighted by atomic mass is 19.1. The van der Waals surface area contributed by atoms with Gasteiger partial charge in [0, 0.05) is 41.7 Å². The maximum absolute atomic E-state index is 13.5. The number of aliphatic carboxylic acids is 1. The molecule has 2 fully saturated rings. The van der Waals surface area contributed by atoms with Crippen LogP contribution >= 0.6 is 0 Å². The first-order chi connectivity index (χ1) is 16.3. The SMILES string of the molecule is CC(CC(=O)N1CCOC2(C)C(C(=O)O)CCCC12)c1c[nH]c2cccc(-c3ccc(F)o3)c12. The highest BCUT2D eigenvalue weighted by Crippen LogP contribution is 2.43. The quantitative estimate of drug-likeness (QED) is 0.554. The lowest BCUT2D eigenvalue weighted by Crippen LogP contribution is -2.65. The molecule has 3 heterocycles. The standard InChI is InChI=1S/C26H29FN2O5/c1-15(17-14-28-19-7-3-5-16(24(17)19)20-9-10-22(27)34-20)13-23(30)29-11-12-33-26(2)18(25(31)32)6-4-8-21(26)29/h3,5,7,9-10,14-15,18,21,28H,4,6,8,11-13H2,1-2H3,(H,31,32). The molecule has 5 rings (SSSR count). The van der Waals surface area contributed by atoms with Crippen LogP contribution in [0.4, 0.5) is 4.39 Å². The average Bonchev–Trinajstić information content (AvgIpc) is 3.43. The summed E-state index contributed by atoms with van der Waals surface area (Å²) in [4.78, 5) is 30.5. The van der Waals surface area contributed by atoms with Gasteiger partial charge in [-0.1, -0.05) is 25.5 Å². The third kappa shape index (κ3) is 3.70. The van der Waals surface area contributed by atoms with Crippen molar-refractivity contribution in [1.82, 2.24) is 9.88 Å². The molecule has 2 aromatic heterocycles. The van der Waals surface area contributed by atoms with Gasteiger partial charge in [0.25, 0.3) is 6.01 Å². The zero-order valence-electron chi connectivity index (χ0n) is 19.3. The molecule has 1 saturated heterocycles. The lowest BCUT2D eigenvalue weighted by molar-refractivity contribution is -0.200. The summed E-state index contributed by atoms with van der Waals surface area (Å²) in [5, 5.41) is 10.7. The van der Waals surface area contributed by atoms with Crippen LogP contribution in [0.1, 0.15) is 51.0 Å². The number of nitrogens with zero attached hydrogens (tertiary/aromatic N) is 1. The molecule has 180 valence electrons. The lowest BCUT2D eigenvalue weighted by atomic mass is 9.71. The third-order valence-electron chi connectivity index (χ3n) is 7.65. The molecular formula is C26H29FN2O5. The first-order valence-corrected chi connectivity index (χ1v) is 11.8. The van der Waals surface area contributed by atoms with Gasteiger partial charge < -0.3 is 24.1 Å². The highest BCUT2D eigenvalue weighted by Gasteiger charge is 2.53. The summed E-state index contributed by atoms with van der Waals surface area (Å²) in [6.45, 7) is 4.63. The molecule has 0 spiro atoms. The van der Waals surface area contributed by atoms with E-state index in [1.54, 1.807) is 6.07 Å². The van der Waals surface area contributed by atoms with E-state index < -0.39 is 23.5 Å². The number of halogens is 1. The van der Waals surface area contributed by atoms with E-state index in [2.05, 4.69) is 4.98 Å². The van der Waals surface area contributed by atoms with Gasteiger partial charge in [0.1, 0.15) is 5.76 Å². The molecule has 2 aliphatic rings. The number of carbonyl (C=O) groups excluding carboxylic acids is 1. The normalized spacial score (nSPS) is 25.8. The van der Waals surface area contributed by atoms with Crippen molar-refractivity contribution in [1.29, 1.82) is 0 Å². The first kappa shape index (κ1) is 22.7. The monoisotopic (exact) mass is 468 g/mol. The molecular weight excluding hydrogens is 439 g/mol. The van der Waals surface area contributed by atoms with Crippen LogP contribution in [0.3, 0.4) is 0 Å². The molecule has 1 aliphatic carbocycles. The van der Waals surface area contributed by atoms with E-state index in [4.69, 9.17) is 9.15 Å². The Morgan fingerprint density at radius 3 is 2.85 bits per heavy atom. The van der Waals surface area contributed by atoms with Crippen LogP contribution < -0.4 is 0 Å². The molecule has 1 aliphatic heterocycles. The smallest absolute Gasteiger partial charge is 0.309 e. The number of hydrogen-bond acceptors (Lipinski definition) is 4. The number of fused-ring (bicyclic) bond motifs is 2. The second-order valence-corrected chi connectivity index (χ2v) is 9.64.